The summed E-state index contributed by atoms with van der Waals surface area (Å²) in [7, 11) is 0. The topological polar surface area (TPSA) is 26.3 Å². The molecule has 0 radical (unpaired) electrons. The zero-order valence-corrected chi connectivity index (χ0v) is 10.3. The highest BCUT2D eigenvalue weighted by atomic mass is 35.5. The number of hydrogen-bond acceptors (Lipinski definition) is 2. The highest BCUT2D eigenvalue weighted by Gasteiger charge is 2.23. The molecule has 2 nitrogen and oxygen atoms in total. The fraction of sp³-hybridized carbons (Fsp3) is 0.900. The highest BCUT2D eigenvalue weighted by molar-refractivity contribution is 6.30. The summed E-state index contributed by atoms with van der Waals surface area (Å²) in [6, 6.07) is 0. The molecule has 1 atom stereocenters. The van der Waals surface area contributed by atoms with E-state index < -0.39 is 5.06 Å². The summed E-state index contributed by atoms with van der Waals surface area (Å²) in [5.74, 6) is -0.158. The standard InChI is InChI=1S/C10H18Cl2O2/c1-3-4-5-6-7-9(13)14-10(2,12)8-11/h3-8H2,1-2H3. The number of unbranched alkanes of at least 4 members (excludes halogenated alkanes) is 3. The van der Waals surface area contributed by atoms with Crippen LogP contribution in [0.25, 0.3) is 0 Å². The molecule has 0 aromatic heterocycles. The maximum Gasteiger partial charge on any atom is 0.307 e. The predicted molar refractivity (Wildman–Crippen MR) is 59.8 cm³/mol. The van der Waals surface area contributed by atoms with E-state index in [1.807, 2.05) is 0 Å². The summed E-state index contributed by atoms with van der Waals surface area (Å²) in [5.41, 5.74) is 0. The van der Waals surface area contributed by atoms with Crippen molar-refractivity contribution in [1.82, 2.24) is 0 Å². The number of hydrogen-bond donors (Lipinski definition) is 0. The van der Waals surface area contributed by atoms with Crippen molar-refractivity contribution in [2.75, 3.05) is 5.88 Å². The van der Waals surface area contributed by atoms with Crippen molar-refractivity contribution in [3.63, 3.8) is 0 Å². The number of esters is 1. The second-order valence-electron chi connectivity index (χ2n) is 3.52. The molecule has 0 saturated heterocycles. The third kappa shape index (κ3) is 7.45. The summed E-state index contributed by atoms with van der Waals surface area (Å²) in [6.07, 6.45) is 4.66. The minimum absolute atomic E-state index is 0.106. The molecule has 0 aliphatic carbocycles. The zero-order chi connectivity index (χ0) is 11.0. The van der Waals surface area contributed by atoms with E-state index in [2.05, 4.69) is 6.92 Å². The molecule has 0 heterocycles. The highest BCUT2D eigenvalue weighted by Crippen LogP contribution is 2.19. The minimum Gasteiger partial charge on any atom is -0.442 e. The Morgan fingerprint density at radius 1 is 1.36 bits per heavy atom. The molecule has 4 heteroatoms. The largest absolute Gasteiger partial charge is 0.442 e. The van der Waals surface area contributed by atoms with E-state index in [4.69, 9.17) is 27.9 Å². The average Bonchev–Trinajstić information content (AvgIpc) is 2.12. The van der Waals surface area contributed by atoms with Crippen LogP contribution in [0.15, 0.2) is 0 Å². The number of carbonyl (C=O) groups excluding carboxylic acids is 1. The molecular weight excluding hydrogens is 223 g/mol. The van der Waals surface area contributed by atoms with Gasteiger partial charge in [0.05, 0.1) is 5.88 Å². The second kappa shape index (κ2) is 7.36. The van der Waals surface area contributed by atoms with Crippen molar-refractivity contribution in [1.29, 1.82) is 0 Å². The van der Waals surface area contributed by atoms with Crippen molar-refractivity contribution in [3.8, 4) is 0 Å². The van der Waals surface area contributed by atoms with Crippen LogP contribution in [-0.2, 0) is 9.53 Å². The monoisotopic (exact) mass is 240 g/mol. The summed E-state index contributed by atoms with van der Waals surface area (Å²) < 4.78 is 4.96. The Kier molecular flexibility index (Phi) is 7.38. The molecule has 0 aliphatic heterocycles. The van der Waals surface area contributed by atoms with E-state index in [0.29, 0.717) is 6.42 Å². The van der Waals surface area contributed by atoms with Crippen molar-refractivity contribution in [2.45, 2.75) is 51.0 Å². The molecule has 1 unspecified atom stereocenters. The molecule has 0 amide bonds. The SMILES string of the molecule is CCCCCCC(=O)OC(C)(Cl)CCl. The lowest BCUT2D eigenvalue weighted by Crippen LogP contribution is -2.26. The van der Waals surface area contributed by atoms with Crippen LogP contribution in [-0.4, -0.2) is 16.9 Å². The fourth-order valence-electron chi connectivity index (χ4n) is 1.01. The van der Waals surface area contributed by atoms with E-state index in [-0.39, 0.29) is 11.8 Å². The number of ether oxygens (including phenoxy) is 1. The van der Waals surface area contributed by atoms with Gasteiger partial charge >= 0.3 is 5.97 Å². The maximum atomic E-state index is 11.2. The lowest BCUT2D eigenvalue weighted by Gasteiger charge is -2.19. The van der Waals surface area contributed by atoms with E-state index in [1.54, 1.807) is 6.92 Å². The first-order chi connectivity index (χ1) is 6.52. The molecule has 14 heavy (non-hydrogen) atoms. The van der Waals surface area contributed by atoms with Gasteiger partial charge in [0.2, 0.25) is 0 Å². The molecule has 0 N–H and O–H groups in total. The minimum atomic E-state index is -1.05. The Balaban J connectivity index is 3.55. The Labute approximate surface area is 95.9 Å². The van der Waals surface area contributed by atoms with Gasteiger partial charge in [0.15, 0.2) is 5.06 Å². The zero-order valence-electron chi connectivity index (χ0n) is 8.82. The van der Waals surface area contributed by atoms with Gasteiger partial charge in [-0.1, -0.05) is 37.8 Å². The third-order valence-corrected chi connectivity index (χ3v) is 2.66. The van der Waals surface area contributed by atoms with Crippen LogP contribution in [0.4, 0.5) is 0 Å². The maximum absolute atomic E-state index is 11.2. The van der Waals surface area contributed by atoms with Crippen molar-refractivity contribution in [3.05, 3.63) is 0 Å². The van der Waals surface area contributed by atoms with Crippen molar-refractivity contribution in [2.24, 2.45) is 0 Å². The van der Waals surface area contributed by atoms with Crippen LogP contribution in [0, 0.1) is 0 Å². The van der Waals surface area contributed by atoms with E-state index >= 15 is 0 Å². The molecule has 0 fully saturated rings. The van der Waals surface area contributed by atoms with Gasteiger partial charge in [-0.25, -0.2) is 0 Å². The molecule has 0 aromatic rings. The number of rotatable bonds is 7. The van der Waals surface area contributed by atoms with Crippen LogP contribution in [0.5, 0.6) is 0 Å². The summed E-state index contributed by atoms with van der Waals surface area (Å²) in [4.78, 5) is 11.2. The van der Waals surface area contributed by atoms with Gasteiger partial charge in [-0.15, -0.1) is 11.6 Å². The average molecular weight is 241 g/mol. The van der Waals surface area contributed by atoms with Gasteiger partial charge in [-0.2, -0.15) is 0 Å². The fourth-order valence-corrected chi connectivity index (χ4v) is 1.15. The quantitative estimate of drug-likeness (QED) is 0.386. The molecule has 0 rings (SSSR count). The van der Waals surface area contributed by atoms with Crippen LogP contribution in [0.2, 0.25) is 0 Å². The number of halogens is 2. The van der Waals surface area contributed by atoms with Gasteiger partial charge in [0.25, 0.3) is 0 Å². The van der Waals surface area contributed by atoms with E-state index in [0.717, 1.165) is 25.7 Å². The smallest absolute Gasteiger partial charge is 0.307 e. The van der Waals surface area contributed by atoms with Crippen molar-refractivity contribution < 1.29 is 9.53 Å². The summed E-state index contributed by atoms with van der Waals surface area (Å²) in [5, 5.41) is -1.05. The van der Waals surface area contributed by atoms with E-state index in [1.165, 1.54) is 0 Å². The first-order valence-corrected chi connectivity index (χ1v) is 5.90. The van der Waals surface area contributed by atoms with Gasteiger partial charge in [-0.3, -0.25) is 4.79 Å². The van der Waals surface area contributed by atoms with Crippen LogP contribution < -0.4 is 0 Å². The lowest BCUT2D eigenvalue weighted by molar-refractivity contribution is -0.150. The first kappa shape index (κ1) is 14.1. The summed E-state index contributed by atoms with van der Waals surface area (Å²) >= 11 is 11.3. The Bertz CT molecular complexity index is 170. The lowest BCUT2D eigenvalue weighted by atomic mass is 10.1. The Morgan fingerprint density at radius 2 is 2.00 bits per heavy atom. The van der Waals surface area contributed by atoms with Gasteiger partial charge in [0.1, 0.15) is 0 Å². The van der Waals surface area contributed by atoms with Crippen LogP contribution in [0.3, 0.4) is 0 Å². The molecule has 0 aromatic carbocycles. The molecule has 0 spiro atoms. The third-order valence-electron chi connectivity index (χ3n) is 1.80. The Morgan fingerprint density at radius 3 is 2.50 bits per heavy atom. The molecule has 0 saturated carbocycles. The molecule has 0 aliphatic rings. The summed E-state index contributed by atoms with van der Waals surface area (Å²) in [6.45, 7) is 3.72. The molecular formula is C10H18Cl2O2. The van der Waals surface area contributed by atoms with Crippen LogP contribution in [0.1, 0.15) is 46.0 Å². The predicted octanol–water partition coefficient (Wildman–Crippen LogP) is 3.69. The van der Waals surface area contributed by atoms with Crippen molar-refractivity contribution >= 4 is 29.2 Å². The molecule has 0 bridgehead atoms. The van der Waals surface area contributed by atoms with Gasteiger partial charge in [-0.05, 0) is 13.3 Å². The first-order valence-electron chi connectivity index (χ1n) is 4.98. The normalized spacial score (nSPS) is 14.9. The number of alkyl halides is 2. The molecule has 84 valence electrons. The Hall–Kier alpha value is 0.0500. The van der Waals surface area contributed by atoms with Gasteiger partial charge < -0.3 is 4.74 Å². The number of carbonyl (C=O) groups is 1. The van der Waals surface area contributed by atoms with Gasteiger partial charge in [0, 0.05) is 6.42 Å². The van der Waals surface area contributed by atoms with Crippen LogP contribution >= 0.6 is 23.2 Å². The second-order valence-corrected chi connectivity index (χ2v) is 4.59. The van der Waals surface area contributed by atoms with E-state index in [9.17, 15) is 4.79 Å².